The summed E-state index contributed by atoms with van der Waals surface area (Å²) in [6.45, 7) is 2.16. The van der Waals surface area contributed by atoms with E-state index < -0.39 is 0 Å². The van der Waals surface area contributed by atoms with Crippen LogP contribution in [0.5, 0.6) is 0 Å². The van der Waals surface area contributed by atoms with Crippen LogP contribution in [0.25, 0.3) is 0 Å². The van der Waals surface area contributed by atoms with Crippen molar-refractivity contribution in [2.75, 3.05) is 12.8 Å². The molecule has 1 aromatic rings. The lowest BCUT2D eigenvalue weighted by atomic mass is 10.1. The molecule has 0 amide bonds. The number of hydrogen-bond acceptors (Lipinski definition) is 3. The molecule has 0 radical (unpaired) electrons. The number of thiophene rings is 1. The molecule has 3 heteroatoms. The Morgan fingerprint density at radius 3 is 2.83 bits per heavy atom. The van der Waals surface area contributed by atoms with Gasteiger partial charge in [0, 0.05) is 10.9 Å². The summed E-state index contributed by atoms with van der Waals surface area (Å²) in [5, 5.41) is 5.45. The summed E-state index contributed by atoms with van der Waals surface area (Å²) in [6.07, 6.45) is 1.10. The van der Waals surface area contributed by atoms with E-state index in [0.717, 1.165) is 12.2 Å². The highest BCUT2D eigenvalue weighted by molar-refractivity contribution is 7.80. The zero-order valence-corrected chi connectivity index (χ0v) is 9.21. The van der Waals surface area contributed by atoms with Crippen molar-refractivity contribution in [3.63, 3.8) is 0 Å². The van der Waals surface area contributed by atoms with Crippen LogP contribution in [0.15, 0.2) is 11.4 Å². The van der Waals surface area contributed by atoms with E-state index in [4.69, 9.17) is 0 Å². The first-order valence-corrected chi connectivity index (χ1v) is 5.63. The fourth-order valence-electron chi connectivity index (χ4n) is 1.28. The lowest BCUT2D eigenvalue weighted by Crippen LogP contribution is -2.16. The molecule has 12 heavy (non-hydrogen) atoms. The number of rotatable bonds is 4. The molecule has 0 saturated heterocycles. The van der Waals surface area contributed by atoms with Gasteiger partial charge in [-0.1, -0.05) is 0 Å². The second kappa shape index (κ2) is 4.90. The Morgan fingerprint density at radius 2 is 2.42 bits per heavy atom. The first-order chi connectivity index (χ1) is 5.79. The predicted molar refractivity (Wildman–Crippen MR) is 59.3 cm³/mol. The fraction of sp³-hybridized carbons (Fsp3) is 0.556. The Morgan fingerprint density at radius 1 is 1.67 bits per heavy atom. The molecule has 0 fully saturated rings. The average Bonchev–Trinajstić information content (AvgIpc) is 2.47. The normalized spacial score (nSPS) is 13.2. The van der Waals surface area contributed by atoms with Gasteiger partial charge in [0.15, 0.2) is 0 Å². The molecule has 1 unspecified atom stereocenters. The van der Waals surface area contributed by atoms with Gasteiger partial charge in [0.25, 0.3) is 0 Å². The van der Waals surface area contributed by atoms with Crippen molar-refractivity contribution in [3.8, 4) is 0 Å². The van der Waals surface area contributed by atoms with Crippen LogP contribution in [0.2, 0.25) is 0 Å². The largest absolute Gasteiger partial charge is 0.312 e. The molecule has 0 saturated carbocycles. The first kappa shape index (κ1) is 10.1. The van der Waals surface area contributed by atoms with Gasteiger partial charge in [0.2, 0.25) is 0 Å². The molecule has 1 atom stereocenters. The average molecular weight is 201 g/mol. The second-order valence-corrected chi connectivity index (χ2v) is 4.22. The molecule has 0 aromatic carbocycles. The van der Waals surface area contributed by atoms with Crippen molar-refractivity contribution >= 4 is 24.0 Å². The summed E-state index contributed by atoms with van der Waals surface area (Å²) >= 11 is 6.07. The third-order valence-corrected chi connectivity index (χ3v) is 3.38. The molecule has 1 aromatic heterocycles. The van der Waals surface area contributed by atoms with E-state index in [1.807, 2.05) is 18.4 Å². The van der Waals surface area contributed by atoms with Gasteiger partial charge in [-0.25, -0.2) is 0 Å². The third-order valence-electron chi connectivity index (χ3n) is 1.98. The summed E-state index contributed by atoms with van der Waals surface area (Å²) in [4.78, 5) is 1.45. The highest BCUT2D eigenvalue weighted by atomic mass is 32.1. The van der Waals surface area contributed by atoms with Crippen LogP contribution in [-0.4, -0.2) is 12.8 Å². The lowest BCUT2D eigenvalue weighted by molar-refractivity contribution is 0.589. The zero-order chi connectivity index (χ0) is 8.97. The van der Waals surface area contributed by atoms with Crippen LogP contribution >= 0.6 is 24.0 Å². The van der Waals surface area contributed by atoms with Crippen LogP contribution in [0.3, 0.4) is 0 Å². The monoisotopic (exact) mass is 201 g/mol. The Labute approximate surface area is 83.6 Å². The van der Waals surface area contributed by atoms with E-state index in [1.165, 1.54) is 10.4 Å². The van der Waals surface area contributed by atoms with Crippen LogP contribution in [0.1, 0.15) is 22.9 Å². The number of thiol groups is 1. The van der Waals surface area contributed by atoms with Gasteiger partial charge in [-0.05, 0) is 43.2 Å². The van der Waals surface area contributed by atoms with E-state index in [1.54, 1.807) is 0 Å². The molecule has 0 spiro atoms. The zero-order valence-electron chi connectivity index (χ0n) is 7.50. The van der Waals surface area contributed by atoms with Crippen LogP contribution in [0.4, 0.5) is 0 Å². The Balaban J connectivity index is 2.72. The fourth-order valence-corrected chi connectivity index (χ4v) is 2.61. The molecular weight excluding hydrogens is 186 g/mol. The highest BCUT2D eigenvalue weighted by Crippen LogP contribution is 2.25. The summed E-state index contributed by atoms with van der Waals surface area (Å²) in [5.41, 5.74) is 1.39. The van der Waals surface area contributed by atoms with Gasteiger partial charge >= 0.3 is 0 Å². The van der Waals surface area contributed by atoms with Gasteiger partial charge < -0.3 is 5.32 Å². The minimum absolute atomic E-state index is 0.488. The topological polar surface area (TPSA) is 12.0 Å². The van der Waals surface area contributed by atoms with Crippen molar-refractivity contribution in [1.82, 2.24) is 5.32 Å². The van der Waals surface area contributed by atoms with Crippen molar-refractivity contribution in [2.24, 2.45) is 0 Å². The molecule has 0 bridgehead atoms. The van der Waals surface area contributed by atoms with Crippen LogP contribution in [-0.2, 0) is 0 Å². The van der Waals surface area contributed by atoms with Crippen molar-refractivity contribution in [2.45, 2.75) is 19.4 Å². The summed E-state index contributed by atoms with van der Waals surface area (Å²) in [6, 6.07) is 2.66. The SMILES string of the molecule is CNC(CCS)c1sccc1C. The van der Waals surface area contributed by atoms with E-state index in [0.29, 0.717) is 6.04 Å². The summed E-state index contributed by atoms with van der Waals surface area (Å²) in [7, 11) is 2.01. The summed E-state index contributed by atoms with van der Waals surface area (Å²) < 4.78 is 0. The molecule has 1 heterocycles. The Bertz CT molecular complexity index is 232. The standard InChI is InChI=1S/C9H15NS2/c1-7-4-6-12-9(7)8(10-2)3-5-11/h4,6,8,10-11H,3,5H2,1-2H3. The van der Waals surface area contributed by atoms with E-state index in [-0.39, 0.29) is 0 Å². The van der Waals surface area contributed by atoms with Crippen LogP contribution in [0, 0.1) is 6.92 Å². The molecule has 1 N–H and O–H groups in total. The predicted octanol–water partition coefficient (Wildman–Crippen LogP) is 2.64. The van der Waals surface area contributed by atoms with Gasteiger partial charge in [-0.2, -0.15) is 12.6 Å². The smallest absolute Gasteiger partial charge is 0.0422 e. The number of hydrogen-bond donors (Lipinski definition) is 2. The third kappa shape index (κ3) is 2.25. The number of nitrogens with one attached hydrogen (secondary N) is 1. The highest BCUT2D eigenvalue weighted by Gasteiger charge is 2.11. The van der Waals surface area contributed by atoms with Gasteiger partial charge in [0.05, 0.1) is 0 Å². The van der Waals surface area contributed by atoms with Gasteiger partial charge in [0.1, 0.15) is 0 Å². The Kier molecular flexibility index (Phi) is 4.12. The molecule has 1 rings (SSSR count). The first-order valence-electron chi connectivity index (χ1n) is 4.11. The number of aryl methyl sites for hydroxylation is 1. The lowest BCUT2D eigenvalue weighted by Gasteiger charge is -2.13. The second-order valence-electron chi connectivity index (χ2n) is 2.82. The molecule has 0 aliphatic carbocycles. The molecule has 68 valence electrons. The minimum Gasteiger partial charge on any atom is -0.312 e. The van der Waals surface area contributed by atoms with Crippen molar-refractivity contribution < 1.29 is 0 Å². The van der Waals surface area contributed by atoms with Gasteiger partial charge in [-0.3, -0.25) is 0 Å². The summed E-state index contributed by atoms with van der Waals surface area (Å²) in [5.74, 6) is 0.933. The maximum atomic E-state index is 4.24. The van der Waals surface area contributed by atoms with Crippen LogP contribution < -0.4 is 5.32 Å². The van der Waals surface area contributed by atoms with Crippen molar-refractivity contribution in [3.05, 3.63) is 21.9 Å². The Hall–Kier alpha value is 0.0100. The van der Waals surface area contributed by atoms with Gasteiger partial charge in [-0.15, -0.1) is 11.3 Å². The molecule has 1 nitrogen and oxygen atoms in total. The minimum atomic E-state index is 0.488. The molecule has 0 aliphatic heterocycles. The van der Waals surface area contributed by atoms with E-state index >= 15 is 0 Å². The molecule has 0 aliphatic rings. The molecular formula is C9H15NS2. The van der Waals surface area contributed by atoms with E-state index in [9.17, 15) is 0 Å². The maximum Gasteiger partial charge on any atom is 0.0422 e. The van der Waals surface area contributed by atoms with Crippen molar-refractivity contribution in [1.29, 1.82) is 0 Å². The van der Waals surface area contributed by atoms with E-state index in [2.05, 4.69) is 36.3 Å². The maximum absolute atomic E-state index is 4.24. The quantitative estimate of drug-likeness (QED) is 0.714.